The largest absolute Gasteiger partial charge is 0.369 e. The zero-order valence-corrected chi connectivity index (χ0v) is 12.3. The van der Waals surface area contributed by atoms with Crippen LogP contribution in [0.3, 0.4) is 0 Å². The highest BCUT2D eigenvalue weighted by molar-refractivity contribution is 5.89. The number of para-hydroxylation sites is 1. The fourth-order valence-electron chi connectivity index (χ4n) is 3.59. The number of primary amides is 1. The van der Waals surface area contributed by atoms with Crippen LogP contribution in [0.1, 0.15) is 36.9 Å². The Hall–Kier alpha value is -1.94. The Morgan fingerprint density at radius 1 is 1.33 bits per heavy atom. The molecule has 4 nitrogen and oxygen atoms in total. The first kappa shape index (κ1) is 14.0. The van der Waals surface area contributed by atoms with Gasteiger partial charge in [-0.2, -0.15) is 0 Å². The van der Waals surface area contributed by atoms with Gasteiger partial charge in [-0.05, 0) is 37.5 Å². The number of carbonyl (C=O) groups is 1. The standard InChI is InChI=1S/C17H21N3O/c1-11-10-12-6-2-3-7-13(12)20-15(11)17(16(19)21)9-5-4-8-14(17)18/h2-3,6-7,10,14H,4-5,8-9,18H2,1H3,(H2,19,21). The molecule has 1 aromatic heterocycles. The Kier molecular flexibility index (Phi) is 3.41. The van der Waals surface area contributed by atoms with Gasteiger partial charge in [-0.15, -0.1) is 0 Å². The maximum absolute atomic E-state index is 12.3. The van der Waals surface area contributed by atoms with Crippen molar-refractivity contribution in [2.75, 3.05) is 0 Å². The van der Waals surface area contributed by atoms with Gasteiger partial charge in [0.25, 0.3) is 0 Å². The minimum absolute atomic E-state index is 0.254. The Morgan fingerprint density at radius 2 is 2.10 bits per heavy atom. The molecule has 1 heterocycles. The van der Waals surface area contributed by atoms with Gasteiger partial charge in [0.2, 0.25) is 5.91 Å². The van der Waals surface area contributed by atoms with Gasteiger partial charge in [-0.1, -0.05) is 31.0 Å². The number of rotatable bonds is 2. The monoisotopic (exact) mass is 283 g/mol. The molecule has 3 rings (SSSR count). The fraction of sp³-hybridized carbons (Fsp3) is 0.412. The minimum Gasteiger partial charge on any atom is -0.369 e. The lowest BCUT2D eigenvalue weighted by Crippen LogP contribution is -2.56. The molecule has 2 unspecified atom stereocenters. The number of nitrogens with two attached hydrogens (primary N) is 2. The van der Waals surface area contributed by atoms with Gasteiger partial charge >= 0.3 is 0 Å². The molecule has 21 heavy (non-hydrogen) atoms. The quantitative estimate of drug-likeness (QED) is 0.886. The molecule has 4 N–H and O–H groups in total. The van der Waals surface area contributed by atoms with E-state index in [0.717, 1.165) is 41.4 Å². The van der Waals surface area contributed by atoms with E-state index < -0.39 is 5.41 Å². The van der Waals surface area contributed by atoms with E-state index in [2.05, 4.69) is 6.07 Å². The third-order valence-electron chi connectivity index (χ3n) is 4.75. The number of aromatic nitrogens is 1. The molecule has 110 valence electrons. The van der Waals surface area contributed by atoms with Gasteiger partial charge in [-0.3, -0.25) is 9.78 Å². The molecule has 0 spiro atoms. The molecule has 0 radical (unpaired) electrons. The third kappa shape index (κ3) is 2.10. The highest BCUT2D eigenvalue weighted by Crippen LogP contribution is 2.39. The van der Waals surface area contributed by atoms with Crippen molar-refractivity contribution >= 4 is 16.8 Å². The summed E-state index contributed by atoms with van der Waals surface area (Å²) in [5, 5.41) is 1.07. The number of aryl methyl sites for hydroxylation is 1. The molecular weight excluding hydrogens is 262 g/mol. The van der Waals surface area contributed by atoms with E-state index in [-0.39, 0.29) is 11.9 Å². The summed E-state index contributed by atoms with van der Waals surface area (Å²) in [5.41, 5.74) is 13.9. The first-order valence-corrected chi connectivity index (χ1v) is 7.48. The Labute approximate surface area is 124 Å². The average Bonchev–Trinajstić information content (AvgIpc) is 2.47. The highest BCUT2D eigenvalue weighted by Gasteiger charge is 2.47. The van der Waals surface area contributed by atoms with Crippen molar-refractivity contribution in [1.82, 2.24) is 4.98 Å². The highest BCUT2D eigenvalue weighted by atomic mass is 16.1. The smallest absolute Gasteiger partial charge is 0.231 e. The second-order valence-electron chi connectivity index (χ2n) is 6.03. The predicted molar refractivity (Wildman–Crippen MR) is 83.8 cm³/mol. The fourth-order valence-corrected chi connectivity index (χ4v) is 3.59. The number of hydrogen-bond donors (Lipinski definition) is 2. The van der Waals surface area contributed by atoms with Crippen molar-refractivity contribution in [2.24, 2.45) is 11.5 Å². The van der Waals surface area contributed by atoms with Crippen molar-refractivity contribution in [3.8, 4) is 0 Å². The van der Waals surface area contributed by atoms with Crippen LogP contribution in [0.15, 0.2) is 30.3 Å². The molecule has 2 aromatic rings. The molecule has 1 aliphatic rings. The molecule has 1 aliphatic carbocycles. The molecule has 1 aromatic carbocycles. The summed E-state index contributed by atoms with van der Waals surface area (Å²) in [6.07, 6.45) is 3.51. The van der Waals surface area contributed by atoms with Crippen molar-refractivity contribution in [3.63, 3.8) is 0 Å². The number of pyridine rings is 1. The Balaban J connectivity index is 2.24. The number of benzene rings is 1. The van der Waals surface area contributed by atoms with Crippen LogP contribution in [0.2, 0.25) is 0 Å². The van der Waals surface area contributed by atoms with E-state index in [1.54, 1.807) is 0 Å². The van der Waals surface area contributed by atoms with Gasteiger partial charge in [0.05, 0.1) is 11.2 Å². The van der Waals surface area contributed by atoms with E-state index in [0.29, 0.717) is 6.42 Å². The van der Waals surface area contributed by atoms with Gasteiger partial charge < -0.3 is 11.5 Å². The molecular formula is C17H21N3O. The maximum atomic E-state index is 12.3. The van der Waals surface area contributed by atoms with E-state index >= 15 is 0 Å². The summed E-state index contributed by atoms with van der Waals surface area (Å²) in [5.74, 6) is -0.347. The summed E-state index contributed by atoms with van der Waals surface area (Å²) in [6.45, 7) is 1.99. The van der Waals surface area contributed by atoms with Crippen LogP contribution in [-0.4, -0.2) is 16.9 Å². The van der Waals surface area contributed by atoms with E-state index in [1.807, 2.05) is 31.2 Å². The van der Waals surface area contributed by atoms with Crippen LogP contribution in [0, 0.1) is 6.92 Å². The Bertz CT molecular complexity index is 697. The maximum Gasteiger partial charge on any atom is 0.231 e. The normalized spacial score (nSPS) is 25.9. The molecule has 2 atom stereocenters. The lowest BCUT2D eigenvalue weighted by molar-refractivity contribution is -0.125. The average molecular weight is 283 g/mol. The second-order valence-corrected chi connectivity index (χ2v) is 6.03. The van der Waals surface area contributed by atoms with Gasteiger partial charge in [0, 0.05) is 11.4 Å². The minimum atomic E-state index is -0.827. The zero-order chi connectivity index (χ0) is 15.0. The van der Waals surface area contributed by atoms with Crippen LogP contribution in [0.5, 0.6) is 0 Å². The topological polar surface area (TPSA) is 82.0 Å². The number of amides is 1. The first-order valence-electron chi connectivity index (χ1n) is 7.48. The summed E-state index contributed by atoms with van der Waals surface area (Å²) in [6, 6.07) is 9.74. The first-order chi connectivity index (χ1) is 10.1. The van der Waals surface area contributed by atoms with Crippen LogP contribution in [0.25, 0.3) is 10.9 Å². The van der Waals surface area contributed by atoms with Crippen molar-refractivity contribution in [1.29, 1.82) is 0 Å². The van der Waals surface area contributed by atoms with E-state index in [1.165, 1.54) is 0 Å². The van der Waals surface area contributed by atoms with Crippen LogP contribution < -0.4 is 11.5 Å². The lowest BCUT2D eigenvalue weighted by Gasteiger charge is -2.40. The van der Waals surface area contributed by atoms with Gasteiger partial charge in [-0.25, -0.2) is 0 Å². The number of nitrogens with zero attached hydrogens (tertiary/aromatic N) is 1. The molecule has 4 heteroatoms. The third-order valence-corrected chi connectivity index (χ3v) is 4.75. The van der Waals surface area contributed by atoms with Gasteiger partial charge in [0.1, 0.15) is 5.41 Å². The molecule has 1 fully saturated rings. The molecule has 1 amide bonds. The SMILES string of the molecule is Cc1cc2ccccc2nc1C1(C(N)=O)CCCCC1N. The van der Waals surface area contributed by atoms with E-state index in [4.69, 9.17) is 16.5 Å². The second kappa shape index (κ2) is 5.11. The summed E-state index contributed by atoms with van der Waals surface area (Å²) in [4.78, 5) is 17.0. The van der Waals surface area contributed by atoms with Crippen LogP contribution in [0.4, 0.5) is 0 Å². The van der Waals surface area contributed by atoms with Crippen molar-refractivity contribution in [3.05, 3.63) is 41.6 Å². The predicted octanol–water partition coefficient (Wildman–Crippen LogP) is 2.17. The van der Waals surface area contributed by atoms with E-state index in [9.17, 15) is 4.79 Å². The van der Waals surface area contributed by atoms with Crippen molar-refractivity contribution in [2.45, 2.75) is 44.1 Å². The Morgan fingerprint density at radius 3 is 2.81 bits per heavy atom. The molecule has 0 saturated heterocycles. The van der Waals surface area contributed by atoms with Crippen LogP contribution in [-0.2, 0) is 10.2 Å². The number of carbonyl (C=O) groups excluding carboxylic acids is 1. The zero-order valence-electron chi connectivity index (χ0n) is 12.3. The number of hydrogen-bond acceptors (Lipinski definition) is 3. The van der Waals surface area contributed by atoms with Crippen LogP contribution >= 0.6 is 0 Å². The lowest BCUT2D eigenvalue weighted by atomic mass is 9.66. The summed E-state index contributed by atoms with van der Waals surface area (Å²) < 4.78 is 0. The summed E-state index contributed by atoms with van der Waals surface area (Å²) in [7, 11) is 0. The van der Waals surface area contributed by atoms with Gasteiger partial charge in [0.15, 0.2) is 0 Å². The molecule has 0 aliphatic heterocycles. The van der Waals surface area contributed by atoms with Crippen molar-refractivity contribution < 1.29 is 4.79 Å². The summed E-state index contributed by atoms with van der Waals surface area (Å²) >= 11 is 0. The number of fused-ring (bicyclic) bond motifs is 1. The molecule has 1 saturated carbocycles. The molecule has 0 bridgehead atoms.